The van der Waals surface area contributed by atoms with Gasteiger partial charge in [0.25, 0.3) is 0 Å². The third-order valence-corrected chi connectivity index (χ3v) is 3.22. The summed E-state index contributed by atoms with van der Waals surface area (Å²) >= 11 is 0. The average molecular weight is 271 g/mol. The minimum Gasteiger partial charge on any atom is -0.490 e. The molecule has 0 spiro atoms. The van der Waals surface area contributed by atoms with Crippen LogP contribution >= 0.6 is 0 Å². The van der Waals surface area contributed by atoms with Gasteiger partial charge in [-0.25, -0.2) is 0 Å². The van der Waals surface area contributed by atoms with E-state index in [4.69, 9.17) is 18.4 Å². The summed E-state index contributed by atoms with van der Waals surface area (Å²) < 4.78 is 21.9. The lowest BCUT2D eigenvalue weighted by Crippen LogP contribution is -2.03. The van der Waals surface area contributed by atoms with Gasteiger partial charge in [-0.15, -0.1) is 0 Å². The van der Waals surface area contributed by atoms with Crippen LogP contribution < -0.4 is 4.74 Å². The van der Waals surface area contributed by atoms with E-state index in [0.29, 0.717) is 18.1 Å². The summed E-state index contributed by atoms with van der Waals surface area (Å²) in [5.74, 6) is 2.07. The Labute approximate surface area is 115 Å². The van der Waals surface area contributed by atoms with Gasteiger partial charge in [-0.05, 0) is 25.1 Å². The predicted molar refractivity (Wildman–Crippen MR) is 71.7 cm³/mol. The fraction of sp³-hybridized carbons (Fsp3) is 0.267. The first-order chi connectivity index (χ1) is 9.79. The van der Waals surface area contributed by atoms with Gasteiger partial charge in [0.15, 0.2) is 5.76 Å². The number of nitrogens with zero attached hydrogens (tertiary/aromatic N) is 1. The van der Waals surface area contributed by atoms with Crippen molar-refractivity contribution < 1.29 is 18.4 Å². The van der Waals surface area contributed by atoms with E-state index in [1.165, 1.54) is 0 Å². The topological polar surface area (TPSA) is 60.9 Å². The molecule has 1 aliphatic heterocycles. The van der Waals surface area contributed by atoms with Gasteiger partial charge in [0, 0.05) is 6.07 Å². The molecule has 3 aromatic rings. The van der Waals surface area contributed by atoms with Gasteiger partial charge in [0.1, 0.15) is 24.0 Å². The summed E-state index contributed by atoms with van der Waals surface area (Å²) in [5.41, 5.74) is 1.59. The van der Waals surface area contributed by atoms with Crippen LogP contribution in [-0.4, -0.2) is 24.5 Å². The standard InChI is InChI=1S/C15H13NO4/c1-9-5-15(20-16-9)14-6-11-12(18-8-10-7-17-10)3-2-4-13(11)19-14/h2-6,10H,7-8H2,1H3/t10-/m0/s1. The second-order valence-electron chi connectivity index (χ2n) is 4.88. The number of aryl methyl sites for hydroxylation is 1. The number of fused-ring (bicyclic) bond motifs is 1. The molecular formula is C15H13NO4. The second-order valence-corrected chi connectivity index (χ2v) is 4.88. The van der Waals surface area contributed by atoms with Gasteiger partial charge >= 0.3 is 0 Å². The van der Waals surface area contributed by atoms with Crippen LogP contribution in [0, 0.1) is 6.92 Å². The van der Waals surface area contributed by atoms with E-state index in [1.807, 2.05) is 37.3 Å². The monoisotopic (exact) mass is 271 g/mol. The molecular weight excluding hydrogens is 258 g/mol. The van der Waals surface area contributed by atoms with Crippen molar-refractivity contribution in [1.82, 2.24) is 5.16 Å². The first-order valence-electron chi connectivity index (χ1n) is 6.50. The highest BCUT2D eigenvalue weighted by Crippen LogP contribution is 2.34. The number of benzene rings is 1. The molecule has 2 aromatic heterocycles. The maximum atomic E-state index is 5.79. The predicted octanol–water partition coefficient (Wildman–Crippen LogP) is 3.17. The Kier molecular flexibility index (Phi) is 2.53. The molecule has 0 aliphatic carbocycles. The Balaban J connectivity index is 1.72. The van der Waals surface area contributed by atoms with E-state index in [1.54, 1.807) is 0 Å². The van der Waals surface area contributed by atoms with Crippen LogP contribution in [0.15, 0.2) is 39.3 Å². The Morgan fingerprint density at radius 2 is 2.20 bits per heavy atom. The van der Waals surface area contributed by atoms with E-state index in [0.717, 1.165) is 29.0 Å². The Morgan fingerprint density at radius 1 is 1.30 bits per heavy atom. The fourth-order valence-electron chi connectivity index (χ4n) is 2.11. The highest BCUT2D eigenvalue weighted by Gasteiger charge is 2.23. The maximum Gasteiger partial charge on any atom is 0.202 e. The minimum atomic E-state index is 0.230. The zero-order chi connectivity index (χ0) is 13.5. The molecule has 1 saturated heterocycles. The van der Waals surface area contributed by atoms with Crippen molar-refractivity contribution in [2.45, 2.75) is 13.0 Å². The lowest BCUT2D eigenvalue weighted by atomic mass is 10.2. The normalized spacial score (nSPS) is 17.6. The zero-order valence-electron chi connectivity index (χ0n) is 11.0. The summed E-state index contributed by atoms with van der Waals surface area (Å²) in [7, 11) is 0. The smallest absolute Gasteiger partial charge is 0.202 e. The van der Waals surface area contributed by atoms with Crippen molar-refractivity contribution in [2.75, 3.05) is 13.2 Å². The summed E-state index contributed by atoms with van der Waals surface area (Å²) in [6.45, 7) is 3.23. The molecule has 1 aromatic carbocycles. The summed E-state index contributed by atoms with van der Waals surface area (Å²) in [5, 5.41) is 4.80. The summed E-state index contributed by atoms with van der Waals surface area (Å²) in [4.78, 5) is 0. The maximum absolute atomic E-state index is 5.79. The molecule has 1 aliphatic rings. The van der Waals surface area contributed by atoms with Crippen LogP contribution in [0.1, 0.15) is 5.69 Å². The molecule has 1 atom stereocenters. The molecule has 0 radical (unpaired) electrons. The summed E-state index contributed by atoms with van der Waals surface area (Å²) in [6.07, 6.45) is 0.230. The third kappa shape index (κ3) is 2.06. The van der Waals surface area contributed by atoms with Crippen molar-refractivity contribution in [3.8, 4) is 17.3 Å². The first kappa shape index (κ1) is 11.5. The number of hydrogen-bond acceptors (Lipinski definition) is 5. The molecule has 0 amide bonds. The van der Waals surface area contributed by atoms with Crippen LogP contribution in [0.2, 0.25) is 0 Å². The zero-order valence-corrected chi connectivity index (χ0v) is 11.0. The molecule has 3 heterocycles. The highest BCUT2D eigenvalue weighted by atomic mass is 16.6. The number of aromatic nitrogens is 1. The summed E-state index contributed by atoms with van der Waals surface area (Å²) in [6, 6.07) is 9.50. The molecule has 4 rings (SSSR count). The van der Waals surface area contributed by atoms with Gasteiger partial charge < -0.3 is 18.4 Å². The van der Waals surface area contributed by atoms with Crippen LogP contribution in [0.3, 0.4) is 0 Å². The van der Waals surface area contributed by atoms with E-state index >= 15 is 0 Å². The van der Waals surface area contributed by atoms with E-state index < -0.39 is 0 Å². The van der Waals surface area contributed by atoms with Crippen LogP contribution in [0.25, 0.3) is 22.5 Å². The quantitative estimate of drug-likeness (QED) is 0.682. The fourth-order valence-corrected chi connectivity index (χ4v) is 2.11. The van der Waals surface area contributed by atoms with E-state index in [2.05, 4.69) is 5.16 Å². The van der Waals surface area contributed by atoms with Gasteiger partial charge in [-0.1, -0.05) is 11.2 Å². The SMILES string of the molecule is Cc1cc(-c2cc3c(OC[C@@H]4CO4)cccc3o2)on1. The first-order valence-corrected chi connectivity index (χ1v) is 6.50. The second kappa shape index (κ2) is 4.38. The third-order valence-electron chi connectivity index (χ3n) is 3.22. The number of ether oxygens (including phenoxy) is 2. The van der Waals surface area contributed by atoms with Crippen molar-refractivity contribution in [2.24, 2.45) is 0 Å². The molecule has 0 bridgehead atoms. The number of furan rings is 1. The average Bonchev–Trinajstić information content (AvgIpc) is 3.00. The molecule has 102 valence electrons. The van der Waals surface area contributed by atoms with Gasteiger partial charge in [-0.2, -0.15) is 0 Å². The van der Waals surface area contributed by atoms with Crippen molar-refractivity contribution in [1.29, 1.82) is 0 Å². The van der Waals surface area contributed by atoms with E-state index in [9.17, 15) is 0 Å². The van der Waals surface area contributed by atoms with Crippen molar-refractivity contribution in [3.05, 3.63) is 36.0 Å². The largest absolute Gasteiger partial charge is 0.490 e. The molecule has 0 N–H and O–H groups in total. The highest BCUT2D eigenvalue weighted by molar-refractivity contribution is 5.87. The molecule has 1 fully saturated rings. The Hall–Kier alpha value is -2.27. The van der Waals surface area contributed by atoms with Crippen LogP contribution in [-0.2, 0) is 4.74 Å². The lowest BCUT2D eigenvalue weighted by molar-refractivity contribution is 0.265. The molecule has 0 unspecified atom stereocenters. The lowest BCUT2D eigenvalue weighted by Gasteiger charge is -2.04. The Bertz CT molecular complexity index is 754. The van der Waals surface area contributed by atoms with Crippen LogP contribution in [0.4, 0.5) is 0 Å². The molecule has 0 saturated carbocycles. The van der Waals surface area contributed by atoms with Crippen molar-refractivity contribution >= 4 is 11.0 Å². The molecule has 5 nitrogen and oxygen atoms in total. The molecule has 5 heteroatoms. The van der Waals surface area contributed by atoms with Crippen LogP contribution in [0.5, 0.6) is 5.75 Å². The minimum absolute atomic E-state index is 0.230. The Morgan fingerprint density at radius 3 is 2.95 bits per heavy atom. The van der Waals surface area contributed by atoms with Gasteiger partial charge in [0.05, 0.1) is 17.7 Å². The number of rotatable bonds is 4. The van der Waals surface area contributed by atoms with Crippen molar-refractivity contribution in [3.63, 3.8) is 0 Å². The molecule has 20 heavy (non-hydrogen) atoms. The number of epoxide rings is 1. The van der Waals surface area contributed by atoms with Gasteiger partial charge in [0.2, 0.25) is 5.76 Å². The van der Waals surface area contributed by atoms with E-state index in [-0.39, 0.29) is 6.10 Å². The van der Waals surface area contributed by atoms with Gasteiger partial charge in [-0.3, -0.25) is 0 Å². The number of hydrogen-bond donors (Lipinski definition) is 0.